The van der Waals surface area contributed by atoms with E-state index >= 15 is 0 Å². The fraction of sp³-hybridized carbons (Fsp3) is 0.471. The van der Waals surface area contributed by atoms with Gasteiger partial charge in [0.2, 0.25) is 0 Å². The molecule has 1 unspecified atom stereocenters. The molecule has 0 fully saturated rings. The molecule has 1 rings (SSSR count). The number of aliphatic hydroxyl groups is 1. The average molecular weight is 343 g/mol. The first kappa shape index (κ1) is 18.8. The zero-order valence-corrected chi connectivity index (χ0v) is 14.1. The summed E-state index contributed by atoms with van der Waals surface area (Å²) in [5.41, 5.74) is 0.797. The number of hydrogen-bond acceptors (Lipinski definition) is 3. The van der Waals surface area contributed by atoms with Crippen LogP contribution in [0.25, 0.3) is 0 Å². The van der Waals surface area contributed by atoms with Gasteiger partial charge in [0.1, 0.15) is 0 Å². The molecular weight excluding hydrogens is 323 g/mol. The van der Waals surface area contributed by atoms with Gasteiger partial charge in [0.25, 0.3) is 0 Å². The normalized spacial score (nSPS) is 11.5. The van der Waals surface area contributed by atoms with Crippen molar-refractivity contribution in [2.45, 2.75) is 45.1 Å². The Balaban J connectivity index is 2.25. The SMILES string of the molecule is CCOC(=O)CCCC(O)CCC#Cc1ccc(Cl)c(Cl)c1. The van der Waals surface area contributed by atoms with E-state index in [2.05, 4.69) is 11.8 Å². The summed E-state index contributed by atoms with van der Waals surface area (Å²) in [6.45, 7) is 2.17. The van der Waals surface area contributed by atoms with Crippen molar-refractivity contribution in [1.82, 2.24) is 0 Å². The zero-order chi connectivity index (χ0) is 16.4. The second-order valence-electron chi connectivity index (χ2n) is 4.82. The van der Waals surface area contributed by atoms with E-state index in [-0.39, 0.29) is 5.97 Å². The Hall–Kier alpha value is -1.21. The molecule has 120 valence electrons. The van der Waals surface area contributed by atoms with Crippen molar-refractivity contribution < 1.29 is 14.6 Å². The van der Waals surface area contributed by atoms with Crippen LogP contribution < -0.4 is 0 Å². The quantitative estimate of drug-likeness (QED) is 0.596. The molecule has 1 aromatic carbocycles. The Labute approximate surface area is 141 Å². The fourth-order valence-electron chi connectivity index (χ4n) is 1.84. The predicted molar refractivity (Wildman–Crippen MR) is 89.1 cm³/mol. The van der Waals surface area contributed by atoms with Gasteiger partial charge in [0, 0.05) is 18.4 Å². The van der Waals surface area contributed by atoms with Gasteiger partial charge < -0.3 is 9.84 Å². The highest BCUT2D eigenvalue weighted by molar-refractivity contribution is 6.42. The first-order valence-electron chi connectivity index (χ1n) is 7.30. The third kappa shape index (κ3) is 7.70. The van der Waals surface area contributed by atoms with E-state index in [0.29, 0.717) is 48.8 Å². The van der Waals surface area contributed by atoms with Gasteiger partial charge in [-0.2, -0.15) is 0 Å². The first-order chi connectivity index (χ1) is 10.5. The molecule has 1 N–H and O–H groups in total. The number of carbonyl (C=O) groups is 1. The Bertz CT molecular complexity index is 547. The van der Waals surface area contributed by atoms with Crippen molar-refractivity contribution in [3.05, 3.63) is 33.8 Å². The molecule has 0 aliphatic carbocycles. The molecule has 0 aliphatic heterocycles. The highest BCUT2D eigenvalue weighted by Crippen LogP contribution is 2.22. The van der Waals surface area contributed by atoms with Crippen LogP contribution in [0.5, 0.6) is 0 Å². The Kier molecular flexibility index (Phi) is 9.00. The molecule has 0 aromatic heterocycles. The Morgan fingerprint density at radius 2 is 2.09 bits per heavy atom. The number of rotatable bonds is 7. The van der Waals surface area contributed by atoms with Crippen LogP contribution in [0, 0.1) is 11.8 Å². The number of benzene rings is 1. The van der Waals surface area contributed by atoms with Crippen molar-refractivity contribution in [2.75, 3.05) is 6.61 Å². The number of aliphatic hydroxyl groups excluding tert-OH is 1. The number of esters is 1. The van der Waals surface area contributed by atoms with Crippen molar-refractivity contribution in [3.8, 4) is 11.8 Å². The molecule has 0 aliphatic rings. The summed E-state index contributed by atoms with van der Waals surface area (Å²) < 4.78 is 4.83. The predicted octanol–water partition coefficient (Wildman–Crippen LogP) is 4.22. The van der Waals surface area contributed by atoms with E-state index in [1.54, 1.807) is 25.1 Å². The van der Waals surface area contributed by atoms with Crippen LogP contribution in [0.2, 0.25) is 10.0 Å². The van der Waals surface area contributed by atoms with Crippen molar-refractivity contribution in [3.63, 3.8) is 0 Å². The van der Waals surface area contributed by atoms with Gasteiger partial charge in [-0.3, -0.25) is 4.79 Å². The number of carbonyl (C=O) groups excluding carboxylic acids is 1. The highest BCUT2D eigenvalue weighted by atomic mass is 35.5. The molecule has 5 heteroatoms. The highest BCUT2D eigenvalue weighted by Gasteiger charge is 2.06. The van der Waals surface area contributed by atoms with Gasteiger partial charge in [-0.1, -0.05) is 35.0 Å². The molecule has 1 aromatic rings. The van der Waals surface area contributed by atoms with E-state index in [4.69, 9.17) is 27.9 Å². The molecule has 0 saturated carbocycles. The summed E-state index contributed by atoms with van der Waals surface area (Å²) in [6.07, 6.45) is 2.27. The molecule has 0 bridgehead atoms. The molecule has 0 spiro atoms. The maximum Gasteiger partial charge on any atom is 0.305 e. The number of ether oxygens (including phenoxy) is 1. The van der Waals surface area contributed by atoms with E-state index in [1.165, 1.54) is 0 Å². The van der Waals surface area contributed by atoms with Gasteiger partial charge in [0.15, 0.2) is 0 Å². The van der Waals surface area contributed by atoms with E-state index < -0.39 is 6.10 Å². The second-order valence-corrected chi connectivity index (χ2v) is 5.63. The van der Waals surface area contributed by atoms with E-state index in [9.17, 15) is 9.90 Å². The van der Waals surface area contributed by atoms with Crippen molar-refractivity contribution >= 4 is 29.2 Å². The summed E-state index contributed by atoms with van der Waals surface area (Å²) in [6, 6.07) is 5.22. The van der Waals surface area contributed by atoms with Gasteiger partial charge in [-0.05, 0) is 44.4 Å². The molecule has 0 radical (unpaired) electrons. The summed E-state index contributed by atoms with van der Waals surface area (Å²) in [4.78, 5) is 11.1. The lowest BCUT2D eigenvalue weighted by Crippen LogP contribution is -2.09. The molecule has 22 heavy (non-hydrogen) atoms. The van der Waals surface area contributed by atoms with Crippen LogP contribution in [0.3, 0.4) is 0 Å². The zero-order valence-electron chi connectivity index (χ0n) is 12.6. The Morgan fingerprint density at radius 1 is 1.32 bits per heavy atom. The lowest BCUT2D eigenvalue weighted by Gasteiger charge is -2.07. The second kappa shape index (κ2) is 10.5. The van der Waals surface area contributed by atoms with E-state index in [0.717, 1.165) is 5.56 Å². The maximum atomic E-state index is 11.1. The van der Waals surface area contributed by atoms with Crippen LogP contribution in [-0.2, 0) is 9.53 Å². The smallest absolute Gasteiger partial charge is 0.305 e. The van der Waals surface area contributed by atoms with Crippen molar-refractivity contribution in [2.24, 2.45) is 0 Å². The van der Waals surface area contributed by atoms with Gasteiger partial charge >= 0.3 is 5.97 Å². The van der Waals surface area contributed by atoms with Gasteiger partial charge in [-0.25, -0.2) is 0 Å². The van der Waals surface area contributed by atoms with Gasteiger partial charge in [0.05, 0.1) is 22.8 Å². The molecular formula is C17H20Cl2O3. The minimum absolute atomic E-state index is 0.214. The number of hydrogen-bond donors (Lipinski definition) is 1. The minimum atomic E-state index is -0.447. The molecule has 3 nitrogen and oxygen atoms in total. The molecule has 0 heterocycles. The van der Waals surface area contributed by atoms with E-state index in [1.807, 2.05) is 0 Å². The van der Waals surface area contributed by atoms with Crippen LogP contribution >= 0.6 is 23.2 Å². The van der Waals surface area contributed by atoms with Crippen LogP contribution in [0.4, 0.5) is 0 Å². The topological polar surface area (TPSA) is 46.5 Å². The first-order valence-corrected chi connectivity index (χ1v) is 8.06. The summed E-state index contributed by atoms with van der Waals surface area (Å²) in [5, 5.41) is 10.8. The molecule has 0 saturated heterocycles. The lowest BCUT2D eigenvalue weighted by molar-refractivity contribution is -0.143. The standard InChI is InChI=1S/C17H20Cl2O3/c1-2-22-17(21)9-5-8-14(20)7-4-3-6-13-10-11-15(18)16(19)12-13/h10-12,14,20H,2,4-5,7-9H2,1H3. The monoisotopic (exact) mass is 342 g/mol. The average Bonchev–Trinajstić information content (AvgIpc) is 2.47. The third-order valence-corrected chi connectivity index (χ3v) is 3.72. The largest absolute Gasteiger partial charge is 0.466 e. The fourth-order valence-corrected chi connectivity index (χ4v) is 2.13. The summed E-state index contributed by atoms with van der Waals surface area (Å²) in [5.74, 6) is 5.76. The van der Waals surface area contributed by atoms with Crippen LogP contribution in [-0.4, -0.2) is 23.8 Å². The molecule has 1 atom stereocenters. The summed E-state index contributed by atoms with van der Waals surface area (Å²) >= 11 is 11.7. The maximum absolute atomic E-state index is 11.1. The number of halogens is 2. The summed E-state index contributed by atoms with van der Waals surface area (Å²) in [7, 11) is 0. The minimum Gasteiger partial charge on any atom is -0.466 e. The van der Waals surface area contributed by atoms with Gasteiger partial charge in [-0.15, -0.1) is 0 Å². The molecule has 0 amide bonds. The van der Waals surface area contributed by atoms with Crippen LogP contribution in [0.15, 0.2) is 18.2 Å². The van der Waals surface area contributed by atoms with Crippen LogP contribution in [0.1, 0.15) is 44.6 Å². The lowest BCUT2D eigenvalue weighted by atomic mass is 10.1. The Morgan fingerprint density at radius 3 is 2.77 bits per heavy atom. The van der Waals surface area contributed by atoms with Crippen molar-refractivity contribution in [1.29, 1.82) is 0 Å². The third-order valence-electron chi connectivity index (χ3n) is 2.98.